The minimum Gasteiger partial charge on any atom is -0.382 e. The number of ether oxygens (including phenoxy) is 1. The minimum atomic E-state index is -0.140. The quantitative estimate of drug-likeness (QED) is 0.786. The van der Waals surface area contributed by atoms with Crippen LogP contribution in [0.3, 0.4) is 0 Å². The highest BCUT2D eigenvalue weighted by atomic mass is 32.1. The summed E-state index contributed by atoms with van der Waals surface area (Å²) in [5.74, 6) is 0. The fourth-order valence-corrected chi connectivity index (χ4v) is 2.14. The molecule has 0 amide bonds. The molecule has 0 radical (unpaired) electrons. The molecule has 0 aliphatic heterocycles. The maximum absolute atomic E-state index is 5.23. The Labute approximate surface area is 89.5 Å². The first-order chi connectivity index (χ1) is 6.73. The Bertz CT molecular complexity index is 251. The highest BCUT2D eigenvalue weighted by Gasteiger charge is 2.28. The largest absolute Gasteiger partial charge is 0.382 e. The maximum atomic E-state index is 5.23. The minimum absolute atomic E-state index is 0.140. The zero-order chi connectivity index (χ0) is 10.4. The first-order valence-electron chi connectivity index (χ1n) is 4.87. The molecular weight excluding hydrogens is 196 g/mol. The van der Waals surface area contributed by atoms with Crippen LogP contribution in [-0.2, 0) is 10.3 Å². The van der Waals surface area contributed by atoms with Crippen LogP contribution >= 0.6 is 11.3 Å². The van der Waals surface area contributed by atoms with Gasteiger partial charge in [0.25, 0.3) is 0 Å². The van der Waals surface area contributed by atoms with Gasteiger partial charge in [0, 0.05) is 18.7 Å². The topological polar surface area (TPSA) is 34.1 Å². The zero-order valence-corrected chi connectivity index (χ0v) is 9.86. The lowest BCUT2D eigenvalue weighted by Crippen LogP contribution is -2.43. The number of methoxy groups -OCH3 is 1. The molecule has 0 aliphatic rings. The van der Waals surface area contributed by atoms with E-state index in [-0.39, 0.29) is 5.54 Å². The predicted molar refractivity (Wildman–Crippen MR) is 59.6 cm³/mol. The summed E-state index contributed by atoms with van der Waals surface area (Å²) < 4.78 is 5.23. The first-order valence-corrected chi connectivity index (χ1v) is 5.75. The Morgan fingerprint density at radius 3 is 2.93 bits per heavy atom. The van der Waals surface area contributed by atoms with Gasteiger partial charge < -0.3 is 10.1 Å². The number of hydrogen-bond acceptors (Lipinski definition) is 4. The number of nitrogens with zero attached hydrogens (tertiary/aromatic N) is 1. The molecule has 3 nitrogen and oxygen atoms in total. The van der Waals surface area contributed by atoms with E-state index >= 15 is 0 Å². The van der Waals surface area contributed by atoms with Crippen molar-refractivity contribution in [3.8, 4) is 0 Å². The molecule has 4 heteroatoms. The van der Waals surface area contributed by atoms with Crippen LogP contribution < -0.4 is 5.32 Å². The van der Waals surface area contributed by atoms with Crippen molar-refractivity contribution in [3.63, 3.8) is 0 Å². The van der Waals surface area contributed by atoms with Crippen LogP contribution in [0.2, 0.25) is 0 Å². The molecule has 0 aromatic carbocycles. The second-order valence-corrected chi connectivity index (χ2v) is 4.42. The number of thiazole rings is 1. The average Bonchev–Trinajstić information content (AvgIpc) is 2.68. The summed E-state index contributed by atoms with van der Waals surface area (Å²) in [6, 6.07) is 0. The van der Waals surface area contributed by atoms with E-state index in [1.54, 1.807) is 18.4 Å². The van der Waals surface area contributed by atoms with Gasteiger partial charge >= 0.3 is 0 Å². The van der Waals surface area contributed by atoms with E-state index in [1.165, 1.54) is 0 Å². The molecule has 1 N–H and O–H groups in total. The van der Waals surface area contributed by atoms with Gasteiger partial charge in [0.05, 0.1) is 12.1 Å². The van der Waals surface area contributed by atoms with Crippen LogP contribution in [0.15, 0.2) is 11.6 Å². The molecule has 1 aromatic heterocycles. The number of rotatable bonds is 6. The summed E-state index contributed by atoms with van der Waals surface area (Å²) >= 11 is 1.67. The van der Waals surface area contributed by atoms with E-state index in [4.69, 9.17) is 4.74 Å². The van der Waals surface area contributed by atoms with Crippen molar-refractivity contribution >= 4 is 11.3 Å². The number of nitrogens with one attached hydrogen (secondary N) is 1. The lowest BCUT2D eigenvalue weighted by Gasteiger charge is -2.27. The van der Waals surface area contributed by atoms with Crippen LogP contribution in [0, 0.1) is 0 Å². The third-order valence-corrected chi connectivity index (χ3v) is 3.14. The molecule has 1 heterocycles. The van der Waals surface area contributed by atoms with E-state index in [1.807, 2.05) is 11.6 Å². The van der Waals surface area contributed by atoms with Gasteiger partial charge in [-0.05, 0) is 19.9 Å². The Morgan fingerprint density at radius 1 is 1.64 bits per heavy atom. The molecule has 1 unspecified atom stereocenters. The van der Waals surface area contributed by atoms with Crippen LogP contribution in [0.4, 0.5) is 0 Å². The van der Waals surface area contributed by atoms with Gasteiger partial charge in [-0.3, -0.25) is 0 Å². The monoisotopic (exact) mass is 214 g/mol. The summed E-state index contributed by atoms with van der Waals surface area (Å²) in [6.07, 6.45) is 2.95. The fraction of sp³-hybridized carbons (Fsp3) is 0.700. The smallest absolute Gasteiger partial charge is 0.115 e. The van der Waals surface area contributed by atoms with Crippen molar-refractivity contribution in [1.29, 1.82) is 0 Å². The summed E-state index contributed by atoms with van der Waals surface area (Å²) in [4.78, 5) is 4.34. The Balaban J connectivity index is 2.70. The highest BCUT2D eigenvalue weighted by molar-refractivity contribution is 7.09. The van der Waals surface area contributed by atoms with Crippen molar-refractivity contribution in [2.45, 2.75) is 25.8 Å². The van der Waals surface area contributed by atoms with E-state index in [2.05, 4.69) is 24.1 Å². The van der Waals surface area contributed by atoms with E-state index < -0.39 is 0 Å². The van der Waals surface area contributed by atoms with Crippen LogP contribution in [0.1, 0.15) is 25.3 Å². The first kappa shape index (κ1) is 11.6. The van der Waals surface area contributed by atoms with Crippen molar-refractivity contribution in [2.24, 2.45) is 0 Å². The van der Waals surface area contributed by atoms with Crippen LogP contribution in [-0.4, -0.2) is 25.2 Å². The summed E-state index contributed by atoms with van der Waals surface area (Å²) in [5, 5.41) is 6.56. The Hall–Kier alpha value is -0.450. The number of hydrogen-bond donors (Lipinski definition) is 1. The molecule has 0 bridgehead atoms. The SMILES string of the molecule is CCCNC(C)(COC)c1nccs1. The zero-order valence-electron chi connectivity index (χ0n) is 9.04. The van der Waals surface area contributed by atoms with Gasteiger partial charge in [0.2, 0.25) is 0 Å². The molecule has 0 saturated carbocycles. The maximum Gasteiger partial charge on any atom is 0.115 e. The molecule has 14 heavy (non-hydrogen) atoms. The Morgan fingerprint density at radius 2 is 2.43 bits per heavy atom. The molecule has 1 atom stereocenters. The van der Waals surface area contributed by atoms with Crippen molar-refractivity contribution < 1.29 is 4.74 Å². The second kappa shape index (κ2) is 5.44. The molecule has 80 valence electrons. The molecular formula is C10H18N2OS. The average molecular weight is 214 g/mol. The van der Waals surface area contributed by atoms with Crippen molar-refractivity contribution in [3.05, 3.63) is 16.6 Å². The van der Waals surface area contributed by atoms with Crippen LogP contribution in [0.25, 0.3) is 0 Å². The van der Waals surface area contributed by atoms with Gasteiger partial charge in [-0.1, -0.05) is 6.92 Å². The lowest BCUT2D eigenvalue weighted by molar-refractivity contribution is 0.118. The third-order valence-electron chi connectivity index (χ3n) is 2.10. The van der Waals surface area contributed by atoms with Gasteiger partial charge in [-0.2, -0.15) is 0 Å². The number of aromatic nitrogens is 1. The van der Waals surface area contributed by atoms with Crippen LogP contribution in [0.5, 0.6) is 0 Å². The van der Waals surface area contributed by atoms with E-state index in [9.17, 15) is 0 Å². The predicted octanol–water partition coefficient (Wildman–Crippen LogP) is 2.00. The molecule has 1 aromatic rings. The van der Waals surface area contributed by atoms with Gasteiger partial charge in [0.15, 0.2) is 0 Å². The molecule has 0 spiro atoms. The fourth-order valence-electron chi connectivity index (χ4n) is 1.37. The summed E-state index contributed by atoms with van der Waals surface area (Å²) in [5.41, 5.74) is -0.140. The second-order valence-electron chi connectivity index (χ2n) is 3.53. The summed E-state index contributed by atoms with van der Waals surface area (Å²) in [6.45, 7) is 5.92. The highest BCUT2D eigenvalue weighted by Crippen LogP contribution is 2.22. The third kappa shape index (κ3) is 2.77. The van der Waals surface area contributed by atoms with Gasteiger partial charge in [-0.25, -0.2) is 4.98 Å². The normalized spacial score (nSPS) is 15.4. The molecule has 0 aliphatic carbocycles. The van der Waals surface area contributed by atoms with Crippen molar-refractivity contribution in [1.82, 2.24) is 10.3 Å². The standard InChI is InChI=1S/C10H18N2OS/c1-4-5-12-10(2,8-13-3)9-11-6-7-14-9/h6-7,12H,4-5,8H2,1-3H3. The lowest BCUT2D eigenvalue weighted by atomic mass is 10.1. The molecule has 0 fully saturated rings. The van der Waals surface area contributed by atoms with Gasteiger partial charge in [-0.15, -0.1) is 11.3 Å². The summed E-state index contributed by atoms with van der Waals surface area (Å²) in [7, 11) is 1.72. The van der Waals surface area contributed by atoms with E-state index in [0.717, 1.165) is 18.0 Å². The Kier molecular flexibility index (Phi) is 4.51. The van der Waals surface area contributed by atoms with E-state index in [0.29, 0.717) is 6.61 Å². The van der Waals surface area contributed by atoms with Crippen molar-refractivity contribution in [2.75, 3.05) is 20.3 Å². The molecule has 1 rings (SSSR count). The van der Waals surface area contributed by atoms with Gasteiger partial charge in [0.1, 0.15) is 5.01 Å². The molecule has 0 saturated heterocycles.